The number of carbonyl (C=O) groups is 1. The van der Waals surface area contributed by atoms with Gasteiger partial charge in [-0.1, -0.05) is 18.2 Å². The molecule has 0 unspecified atom stereocenters. The van der Waals surface area contributed by atoms with E-state index < -0.39 is 0 Å². The van der Waals surface area contributed by atoms with Crippen LogP contribution in [0, 0.1) is 0 Å². The summed E-state index contributed by atoms with van der Waals surface area (Å²) in [5.74, 6) is 1.72. The molecule has 0 saturated heterocycles. The van der Waals surface area contributed by atoms with Crippen molar-refractivity contribution >= 4 is 23.6 Å². The molecule has 2 aromatic carbocycles. The number of aliphatic imine (C=N–C) groups is 1. The Kier molecular flexibility index (Phi) is 5.75. The number of hydrogen-bond acceptors (Lipinski definition) is 7. The Labute approximate surface area is 192 Å². The number of nitrogens with one attached hydrogen (secondary N) is 2. The van der Waals surface area contributed by atoms with Crippen molar-refractivity contribution in [3.63, 3.8) is 0 Å². The monoisotopic (exact) mass is 443 g/mol. The molecular weight excluding hydrogens is 418 g/mol. The number of aromatic nitrogens is 2. The molecule has 1 aromatic heterocycles. The van der Waals surface area contributed by atoms with E-state index >= 15 is 0 Å². The molecule has 8 heteroatoms. The van der Waals surface area contributed by atoms with Gasteiger partial charge in [-0.25, -0.2) is 9.97 Å². The predicted molar refractivity (Wildman–Crippen MR) is 126 cm³/mol. The number of benzene rings is 2. The van der Waals surface area contributed by atoms with Crippen LogP contribution in [0.3, 0.4) is 0 Å². The van der Waals surface area contributed by atoms with Crippen LogP contribution in [0.2, 0.25) is 0 Å². The van der Waals surface area contributed by atoms with E-state index in [2.05, 4.69) is 27.8 Å². The van der Waals surface area contributed by atoms with Gasteiger partial charge in [0.2, 0.25) is 0 Å². The fourth-order valence-corrected chi connectivity index (χ4v) is 3.84. The van der Waals surface area contributed by atoms with E-state index in [9.17, 15) is 4.79 Å². The second-order valence-corrected chi connectivity index (χ2v) is 8.36. The van der Waals surface area contributed by atoms with E-state index in [1.54, 1.807) is 0 Å². The first kappa shape index (κ1) is 21.1. The molecule has 0 fully saturated rings. The van der Waals surface area contributed by atoms with Gasteiger partial charge in [0.15, 0.2) is 12.4 Å². The number of nitrogens with zero attached hydrogens (tertiary/aromatic N) is 3. The lowest BCUT2D eigenvalue weighted by molar-refractivity contribution is -0.123. The van der Waals surface area contributed by atoms with Crippen molar-refractivity contribution in [2.24, 2.45) is 4.99 Å². The third kappa shape index (κ3) is 4.70. The SMILES string of the molecule is CC(C)NC(=O)COc1cccc(-c2nc3c(c(Nc4ccc5c(c4)C=NC5)n2)COC3)c1. The van der Waals surface area contributed by atoms with Crippen molar-refractivity contribution < 1.29 is 14.3 Å². The molecule has 8 nitrogen and oxygen atoms in total. The van der Waals surface area contributed by atoms with Gasteiger partial charge in [-0.15, -0.1) is 0 Å². The van der Waals surface area contributed by atoms with E-state index in [0.29, 0.717) is 24.8 Å². The number of amides is 1. The number of carbonyl (C=O) groups excluding carboxylic acids is 1. The Morgan fingerprint density at radius 2 is 2.06 bits per heavy atom. The molecule has 1 amide bonds. The number of hydrogen-bond donors (Lipinski definition) is 2. The topological polar surface area (TPSA) is 97.7 Å². The molecular formula is C25H25N5O3. The van der Waals surface area contributed by atoms with Gasteiger partial charge in [-0.05, 0) is 49.2 Å². The Morgan fingerprint density at radius 3 is 2.94 bits per heavy atom. The zero-order valence-electron chi connectivity index (χ0n) is 18.6. The number of anilines is 2. The highest BCUT2D eigenvalue weighted by atomic mass is 16.5. The van der Waals surface area contributed by atoms with Crippen LogP contribution < -0.4 is 15.4 Å². The molecule has 0 radical (unpaired) electrons. The van der Waals surface area contributed by atoms with Crippen molar-refractivity contribution in [3.05, 3.63) is 64.8 Å². The molecule has 0 spiro atoms. The van der Waals surface area contributed by atoms with E-state index in [0.717, 1.165) is 40.4 Å². The summed E-state index contributed by atoms with van der Waals surface area (Å²) in [5, 5.41) is 6.25. The predicted octanol–water partition coefficient (Wildman–Crippen LogP) is 3.75. The maximum atomic E-state index is 11.9. The first-order valence-electron chi connectivity index (χ1n) is 10.9. The summed E-state index contributed by atoms with van der Waals surface area (Å²) in [6.07, 6.45) is 1.90. The maximum Gasteiger partial charge on any atom is 0.258 e. The normalized spacial score (nSPS) is 13.7. The molecule has 168 valence electrons. The Morgan fingerprint density at radius 1 is 1.15 bits per heavy atom. The highest BCUT2D eigenvalue weighted by molar-refractivity contribution is 5.86. The summed E-state index contributed by atoms with van der Waals surface area (Å²) in [5.41, 5.74) is 5.91. The van der Waals surface area contributed by atoms with Crippen LogP contribution >= 0.6 is 0 Å². The van der Waals surface area contributed by atoms with E-state index in [1.807, 2.05) is 50.4 Å². The minimum Gasteiger partial charge on any atom is -0.484 e. The van der Waals surface area contributed by atoms with Crippen LogP contribution in [-0.2, 0) is 29.3 Å². The second-order valence-electron chi connectivity index (χ2n) is 8.36. The fourth-order valence-electron chi connectivity index (χ4n) is 3.84. The van der Waals surface area contributed by atoms with Gasteiger partial charge >= 0.3 is 0 Å². The van der Waals surface area contributed by atoms with Gasteiger partial charge in [-0.2, -0.15) is 0 Å². The zero-order chi connectivity index (χ0) is 22.8. The van der Waals surface area contributed by atoms with E-state index in [4.69, 9.17) is 19.4 Å². The minimum absolute atomic E-state index is 0.0467. The van der Waals surface area contributed by atoms with Crippen molar-refractivity contribution in [2.45, 2.75) is 39.6 Å². The summed E-state index contributed by atoms with van der Waals surface area (Å²) in [4.78, 5) is 25.8. The second kappa shape index (κ2) is 8.99. The van der Waals surface area contributed by atoms with E-state index in [1.165, 1.54) is 5.56 Å². The van der Waals surface area contributed by atoms with Crippen molar-refractivity contribution in [1.29, 1.82) is 0 Å². The van der Waals surface area contributed by atoms with Crippen molar-refractivity contribution in [3.8, 4) is 17.1 Å². The molecule has 3 aromatic rings. The number of fused-ring (bicyclic) bond motifs is 2. The van der Waals surface area contributed by atoms with Crippen LogP contribution in [0.15, 0.2) is 47.5 Å². The molecule has 33 heavy (non-hydrogen) atoms. The van der Waals surface area contributed by atoms with Gasteiger partial charge in [-0.3, -0.25) is 9.79 Å². The zero-order valence-corrected chi connectivity index (χ0v) is 18.6. The standard InChI is InChI=1S/C25H25N5O3/c1-15(2)27-23(31)14-33-20-5-3-4-16(9-20)24-29-22-13-32-12-21(22)25(30-24)28-19-7-6-17-10-26-11-18(17)8-19/h3-9,11,15H,10,12-14H2,1-2H3,(H,27,31)(H,28,29,30). The van der Waals surface area contributed by atoms with Crippen LogP contribution in [-0.4, -0.2) is 34.7 Å². The molecule has 2 aliphatic heterocycles. The molecule has 0 atom stereocenters. The lowest BCUT2D eigenvalue weighted by atomic mass is 10.1. The molecule has 0 bridgehead atoms. The van der Waals surface area contributed by atoms with Crippen molar-refractivity contribution in [2.75, 3.05) is 11.9 Å². The fraction of sp³-hybridized carbons (Fsp3) is 0.280. The van der Waals surface area contributed by atoms with Gasteiger partial charge in [0, 0.05) is 29.1 Å². The lowest BCUT2D eigenvalue weighted by Gasteiger charge is -2.13. The highest BCUT2D eigenvalue weighted by Crippen LogP contribution is 2.31. The molecule has 5 rings (SSSR count). The summed E-state index contributed by atoms with van der Waals surface area (Å²) in [7, 11) is 0. The average Bonchev–Trinajstić information content (AvgIpc) is 3.46. The average molecular weight is 444 g/mol. The summed E-state index contributed by atoms with van der Waals surface area (Å²) >= 11 is 0. The Bertz CT molecular complexity index is 1240. The first-order valence-corrected chi connectivity index (χ1v) is 10.9. The third-order valence-electron chi connectivity index (χ3n) is 5.39. The summed E-state index contributed by atoms with van der Waals surface area (Å²) < 4.78 is 11.3. The minimum atomic E-state index is -0.160. The highest BCUT2D eigenvalue weighted by Gasteiger charge is 2.21. The van der Waals surface area contributed by atoms with Gasteiger partial charge in [0.1, 0.15) is 11.6 Å². The van der Waals surface area contributed by atoms with Gasteiger partial charge in [0.05, 0.1) is 25.5 Å². The van der Waals surface area contributed by atoms with Crippen LogP contribution in [0.1, 0.15) is 36.2 Å². The summed E-state index contributed by atoms with van der Waals surface area (Å²) in [6, 6.07) is 13.7. The third-order valence-corrected chi connectivity index (χ3v) is 5.39. The van der Waals surface area contributed by atoms with Gasteiger partial charge < -0.3 is 20.1 Å². The Hall–Kier alpha value is -3.78. The van der Waals surface area contributed by atoms with Crippen LogP contribution in [0.4, 0.5) is 11.5 Å². The Balaban J connectivity index is 1.40. The largest absolute Gasteiger partial charge is 0.484 e. The first-order chi connectivity index (χ1) is 16.0. The molecule has 0 aliphatic carbocycles. The lowest BCUT2D eigenvalue weighted by Crippen LogP contribution is -2.34. The quantitative estimate of drug-likeness (QED) is 0.577. The molecule has 3 heterocycles. The van der Waals surface area contributed by atoms with Crippen LogP contribution in [0.5, 0.6) is 5.75 Å². The van der Waals surface area contributed by atoms with Gasteiger partial charge in [0.25, 0.3) is 5.91 Å². The molecule has 2 N–H and O–H groups in total. The van der Waals surface area contributed by atoms with Crippen LogP contribution in [0.25, 0.3) is 11.4 Å². The maximum absolute atomic E-state index is 11.9. The van der Waals surface area contributed by atoms with E-state index in [-0.39, 0.29) is 18.6 Å². The number of ether oxygens (including phenoxy) is 2. The van der Waals surface area contributed by atoms with Crippen molar-refractivity contribution in [1.82, 2.24) is 15.3 Å². The summed E-state index contributed by atoms with van der Waals surface area (Å²) in [6.45, 7) is 5.42. The smallest absolute Gasteiger partial charge is 0.258 e. The number of rotatable bonds is 7. The molecule has 2 aliphatic rings. The molecule has 0 saturated carbocycles.